The van der Waals surface area contributed by atoms with Gasteiger partial charge >= 0.3 is 0 Å². The molecule has 3 nitrogen and oxygen atoms in total. The molecule has 1 aromatic rings. The summed E-state index contributed by atoms with van der Waals surface area (Å²) in [5, 5.41) is 9.17. The Morgan fingerprint density at radius 2 is 2.00 bits per heavy atom. The van der Waals surface area contributed by atoms with E-state index < -0.39 is 0 Å². The summed E-state index contributed by atoms with van der Waals surface area (Å²) in [6.07, 6.45) is 0.568. The molecule has 0 spiro atoms. The minimum Gasteiger partial charge on any atom is -0.494 e. The van der Waals surface area contributed by atoms with E-state index >= 15 is 0 Å². The van der Waals surface area contributed by atoms with Crippen LogP contribution in [-0.4, -0.2) is 42.9 Å². The third-order valence-corrected chi connectivity index (χ3v) is 2.34. The Bertz CT molecular complexity index is 314. The zero-order chi connectivity index (χ0) is 12.7. The highest BCUT2D eigenvalue weighted by Gasteiger charge is 2.02. The van der Waals surface area contributed by atoms with Crippen LogP contribution >= 0.6 is 0 Å². The van der Waals surface area contributed by atoms with Gasteiger partial charge in [0.2, 0.25) is 0 Å². The number of rotatable bonds is 7. The summed E-state index contributed by atoms with van der Waals surface area (Å²) in [6, 6.07) is 6.01. The summed E-state index contributed by atoms with van der Waals surface area (Å²) in [4.78, 5) is 2.05. The maximum absolute atomic E-state index is 12.6. The second-order valence-corrected chi connectivity index (χ2v) is 4.27. The zero-order valence-corrected chi connectivity index (χ0v) is 10.4. The van der Waals surface area contributed by atoms with Crippen molar-refractivity contribution in [1.29, 1.82) is 0 Å². The Morgan fingerprint density at radius 1 is 1.35 bits per heavy atom. The quantitative estimate of drug-likeness (QED) is 0.740. The summed E-state index contributed by atoms with van der Waals surface area (Å²) >= 11 is 0. The first-order valence-corrected chi connectivity index (χ1v) is 5.83. The summed E-state index contributed by atoms with van der Waals surface area (Å²) in [5.41, 5.74) is 0. The molecule has 0 fully saturated rings. The molecule has 0 radical (unpaired) electrons. The predicted octanol–water partition coefficient (Wildman–Crippen LogP) is 1.91. The van der Waals surface area contributed by atoms with E-state index in [0.717, 1.165) is 13.0 Å². The van der Waals surface area contributed by atoms with Crippen LogP contribution in [0.4, 0.5) is 4.39 Å². The topological polar surface area (TPSA) is 32.7 Å². The molecule has 96 valence electrons. The van der Waals surface area contributed by atoms with Gasteiger partial charge in [0.05, 0.1) is 12.7 Å². The minimum absolute atomic E-state index is 0.256. The van der Waals surface area contributed by atoms with Gasteiger partial charge in [-0.1, -0.05) is 0 Å². The van der Waals surface area contributed by atoms with Gasteiger partial charge in [-0.25, -0.2) is 4.39 Å². The van der Waals surface area contributed by atoms with Gasteiger partial charge in [-0.3, -0.25) is 0 Å². The Labute approximate surface area is 102 Å². The molecule has 17 heavy (non-hydrogen) atoms. The number of hydrogen-bond acceptors (Lipinski definition) is 3. The first-order valence-electron chi connectivity index (χ1n) is 5.83. The van der Waals surface area contributed by atoms with Crippen LogP contribution in [0.1, 0.15) is 13.3 Å². The average Bonchev–Trinajstić information content (AvgIpc) is 2.26. The molecule has 1 atom stereocenters. The van der Waals surface area contributed by atoms with E-state index in [0.29, 0.717) is 18.9 Å². The van der Waals surface area contributed by atoms with Crippen LogP contribution in [0.2, 0.25) is 0 Å². The van der Waals surface area contributed by atoms with Gasteiger partial charge in [0.1, 0.15) is 11.6 Å². The molecule has 0 heterocycles. The highest BCUT2D eigenvalue weighted by atomic mass is 19.1. The lowest BCUT2D eigenvalue weighted by atomic mass is 10.3. The van der Waals surface area contributed by atoms with Crippen LogP contribution < -0.4 is 4.74 Å². The predicted molar refractivity (Wildman–Crippen MR) is 65.7 cm³/mol. The van der Waals surface area contributed by atoms with Crippen molar-refractivity contribution < 1.29 is 14.2 Å². The molecule has 0 aliphatic heterocycles. The first kappa shape index (κ1) is 13.9. The highest BCUT2D eigenvalue weighted by molar-refractivity contribution is 5.21. The molecule has 0 saturated carbocycles. The molecular formula is C13H20FNO2. The second-order valence-electron chi connectivity index (χ2n) is 4.27. The molecule has 1 rings (SSSR count). The van der Waals surface area contributed by atoms with E-state index in [-0.39, 0.29) is 11.9 Å². The van der Waals surface area contributed by atoms with E-state index in [1.54, 1.807) is 19.1 Å². The zero-order valence-electron chi connectivity index (χ0n) is 10.4. The molecule has 1 N–H and O–H groups in total. The number of hydrogen-bond donors (Lipinski definition) is 1. The lowest BCUT2D eigenvalue weighted by Gasteiger charge is -2.18. The molecule has 0 aromatic heterocycles. The monoisotopic (exact) mass is 241 g/mol. The Kier molecular flexibility index (Phi) is 5.94. The molecule has 0 aliphatic carbocycles. The minimum atomic E-state index is -0.307. The van der Waals surface area contributed by atoms with Crippen molar-refractivity contribution in [2.45, 2.75) is 19.4 Å². The summed E-state index contributed by atoms with van der Waals surface area (Å²) in [5.74, 6) is 0.429. The van der Waals surface area contributed by atoms with Crippen molar-refractivity contribution in [2.75, 3.05) is 26.7 Å². The van der Waals surface area contributed by atoms with E-state index in [9.17, 15) is 9.50 Å². The number of aliphatic hydroxyl groups excluding tert-OH is 1. The third kappa shape index (κ3) is 6.24. The van der Waals surface area contributed by atoms with E-state index in [1.165, 1.54) is 12.1 Å². The second kappa shape index (κ2) is 7.25. The number of ether oxygens (including phenoxy) is 1. The highest BCUT2D eigenvalue weighted by Crippen LogP contribution is 2.11. The summed E-state index contributed by atoms with van der Waals surface area (Å²) < 4.78 is 18.1. The van der Waals surface area contributed by atoms with Crippen molar-refractivity contribution in [3.05, 3.63) is 30.1 Å². The Hall–Kier alpha value is -1.13. The van der Waals surface area contributed by atoms with Gasteiger partial charge in [0, 0.05) is 13.1 Å². The normalized spacial score (nSPS) is 12.8. The van der Waals surface area contributed by atoms with Gasteiger partial charge in [0.15, 0.2) is 0 Å². The molecule has 1 unspecified atom stereocenters. The maximum atomic E-state index is 12.6. The van der Waals surface area contributed by atoms with Crippen LogP contribution in [-0.2, 0) is 0 Å². The Morgan fingerprint density at radius 3 is 2.59 bits per heavy atom. The van der Waals surface area contributed by atoms with Gasteiger partial charge in [0.25, 0.3) is 0 Å². The van der Waals surface area contributed by atoms with Crippen molar-refractivity contribution >= 4 is 0 Å². The standard InChI is InChI=1S/C13H20FNO2/c1-11(16)10-15(2)8-3-9-17-13-6-4-12(14)5-7-13/h4-7,11,16H,3,8-10H2,1-2H3. The van der Waals surface area contributed by atoms with Crippen LogP contribution in [0.25, 0.3) is 0 Å². The van der Waals surface area contributed by atoms with Crippen molar-refractivity contribution in [3.8, 4) is 5.75 Å². The molecule has 0 aliphatic rings. The molecule has 0 amide bonds. The van der Waals surface area contributed by atoms with Gasteiger partial charge in [-0.15, -0.1) is 0 Å². The fraction of sp³-hybridized carbons (Fsp3) is 0.538. The average molecular weight is 241 g/mol. The van der Waals surface area contributed by atoms with Gasteiger partial charge in [-0.05, 0) is 44.7 Å². The van der Waals surface area contributed by atoms with E-state index in [1.807, 2.05) is 7.05 Å². The Balaban J connectivity index is 2.13. The van der Waals surface area contributed by atoms with E-state index in [2.05, 4.69) is 4.90 Å². The SMILES string of the molecule is CC(O)CN(C)CCCOc1ccc(F)cc1. The lowest BCUT2D eigenvalue weighted by Crippen LogP contribution is -2.28. The molecule has 0 saturated heterocycles. The lowest BCUT2D eigenvalue weighted by molar-refractivity contribution is 0.137. The van der Waals surface area contributed by atoms with Crippen LogP contribution in [0, 0.1) is 5.82 Å². The van der Waals surface area contributed by atoms with Crippen molar-refractivity contribution in [3.63, 3.8) is 0 Å². The molecule has 1 aromatic carbocycles. The summed E-state index contributed by atoms with van der Waals surface area (Å²) in [6.45, 7) is 3.89. The maximum Gasteiger partial charge on any atom is 0.123 e. The van der Waals surface area contributed by atoms with Crippen molar-refractivity contribution in [1.82, 2.24) is 4.90 Å². The molecule has 4 heteroatoms. The number of nitrogens with zero attached hydrogens (tertiary/aromatic N) is 1. The van der Waals surface area contributed by atoms with Gasteiger partial charge in [-0.2, -0.15) is 0 Å². The van der Waals surface area contributed by atoms with E-state index in [4.69, 9.17) is 4.74 Å². The molecular weight excluding hydrogens is 221 g/mol. The fourth-order valence-corrected chi connectivity index (χ4v) is 1.60. The van der Waals surface area contributed by atoms with Crippen molar-refractivity contribution in [2.24, 2.45) is 0 Å². The molecule has 0 bridgehead atoms. The fourth-order valence-electron chi connectivity index (χ4n) is 1.60. The van der Waals surface area contributed by atoms with Crippen LogP contribution in [0.5, 0.6) is 5.75 Å². The first-order chi connectivity index (χ1) is 8.08. The third-order valence-electron chi connectivity index (χ3n) is 2.34. The smallest absolute Gasteiger partial charge is 0.123 e. The number of aliphatic hydroxyl groups is 1. The van der Waals surface area contributed by atoms with Crippen LogP contribution in [0.3, 0.4) is 0 Å². The number of likely N-dealkylation sites (N-methyl/N-ethyl adjacent to an activating group) is 1. The summed E-state index contributed by atoms with van der Waals surface area (Å²) in [7, 11) is 1.96. The van der Waals surface area contributed by atoms with Gasteiger partial charge < -0.3 is 14.7 Å². The van der Waals surface area contributed by atoms with Crippen LogP contribution in [0.15, 0.2) is 24.3 Å². The largest absolute Gasteiger partial charge is 0.494 e. The number of halogens is 1. The number of benzene rings is 1.